The number of carbonyl (C=O) groups excluding carboxylic acids is 1. The maximum absolute atomic E-state index is 14.2. The molecular formula is C21H18F2N2O2. The first kappa shape index (κ1) is 17.4. The van der Waals surface area contributed by atoms with Crippen molar-refractivity contribution < 1.29 is 18.0 Å². The molecule has 138 valence electrons. The number of oxazole rings is 1. The van der Waals surface area contributed by atoms with E-state index in [-0.39, 0.29) is 17.7 Å². The van der Waals surface area contributed by atoms with Gasteiger partial charge in [0.2, 0.25) is 0 Å². The lowest BCUT2D eigenvalue weighted by Gasteiger charge is -2.25. The van der Waals surface area contributed by atoms with Gasteiger partial charge in [-0.2, -0.15) is 0 Å². The molecule has 0 bridgehead atoms. The maximum atomic E-state index is 14.2. The zero-order valence-corrected chi connectivity index (χ0v) is 14.8. The minimum absolute atomic E-state index is 0.173. The number of nitrogens with zero attached hydrogens (tertiary/aromatic N) is 2. The van der Waals surface area contributed by atoms with Gasteiger partial charge in [0.1, 0.15) is 11.5 Å². The fourth-order valence-corrected chi connectivity index (χ4v) is 3.25. The molecule has 1 amide bonds. The molecule has 0 atom stereocenters. The monoisotopic (exact) mass is 368 g/mol. The van der Waals surface area contributed by atoms with Crippen molar-refractivity contribution in [3.8, 4) is 0 Å². The Hall–Kier alpha value is -3.02. The second-order valence-electron chi connectivity index (χ2n) is 6.67. The summed E-state index contributed by atoms with van der Waals surface area (Å²) >= 11 is 0. The smallest absolute Gasteiger partial charge is 0.257 e. The van der Waals surface area contributed by atoms with E-state index in [1.54, 1.807) is 0 Å². The van der Waals surface area contributed by atoms with Crippen molar-refractivity contribution in [1.82, 2.24) is 9.88 Å². The van der Waals surface area contributed by atoms with Gasteiger partial charge in [-0.1, -0.05) is 36.4 Å². The van der Waals surface area contributed by atoms with Gasteiger partial charge in [0.15, 0.2) is 17.5 Å². The van der Waals surface area contributed by atoms with E-state index < -0.39 is 17.5 Å². The first-order chi connectivity index (χ1) is 13.0. The highest BCUT2D eigenvalue weighted by molar-refractivity contribution is 5.94. The topological polar surface area (TPSA) is 46.3 Å². The Kier molecular flexibility index (Phi) is 4.48. The minimum atomic E-state index is -1.10. The highest BCUT2D eigenvalue weighted by atomic mass is 19.2. The standard InChI is InChI=1S/C21H18F2N2O2/c1-13-7-8-15(20(23)19(13)22)21(26)25-10-9-17-16(12-25)24-18(27-17)11-14-5-3-2-4-6-14/h2-8H,9-12H2,1H3. The van der Waals surface area contributed by atoms with Crippen LogP contribution in [0, 0.1) is 18.6 Å². The number of amides is 1. The van der Waals surface area contributed by atoms with E-state index >= 15 is 0 Å². The highest BCUT2D eigenvalue weighted by Crippen LogP contribution is 2.24. The predicted molar refractivity (Wildman–Crippen MR) is 95.3 cm³/mol. The molecule has 4 nitrogen and oxygen atoms in total. The van der Waals surface area contributed by atoms with Crippen LogP contribution in [0.1, 0.15) is 38.8 Å². The highest BCUT2D eigenvalue weighted by Gasteiger charge is 2.28. The molecule has 0 spiro atoms. The minimum Gasteiger partial charge on any atom is -0.445 e. The summed E-state index contributed by atoms with van der Waals surface area (Å²) in [6.45, 7) is 2.06. The number of hydrogen-bond acceptors (Lipinski definition) is 3. The van der Waals surface area contributed by atoms with Crippen molar-refractivity contribution in [1.29, 1.82) is 0 Å². The number of aromatic nitrogens is 1. The van der Waals surface area contributed by atoms with Crippen LogP contribution < -0.4 is 0 Å². The number of halogens is 2. The zero-order valence-electron chi connectivity index (χ0n) is 14.8. The average Bonchev–Trinajstić information content (AvgIpc) is 3.08. The number of fused-ring (bicyclic) bond motifs is 1. The fraction of sp³-hybridized carbons (Fsp3) is 0.238. The third kappa shape index (κ3) is 3.35. The lowest BCUT2D eigenvalue weighted by Crippen LogP contribution is -2.36. The molecule has 0 radical (unpaired) electrons. The molecule has 0 fully saturated rings. The Morgan fingerprint density at radius 2 is 1.93 bits per heavy atom. The molecule has 6 heteroatoms. The van der Waals surface area contributed by atoms with Gasteiger partial charge in [0, 0.05) is 19.4 Å². The largest absolute Gasteiger partial charge is 0.445 e. The SMILES string of the molecule is Cc1ccc(C(=O)N2CCc3oc(Cc4ccccc4)nc3C2)c(F)c1F. The van der Waals surface area contributed by atoms with E-state index in [9.17, 15) is 13.6 Å². The lowest BCUT2D eigenvalue weighted by molar-refractivity contribution is 0.0722. The van der Waals surface area contributed by atoms with Crippen molar-refractivity contribution in [3.05, 3.63) is 88.1 Å². The van der Waals surface area contributed by atoms with Gasteiger partial charge in [-0.3, -0.25) is 4.79 Å². The molecule has 4 rings (SSSR count). The number of aryl methyl sites for hydroxylation is 1. The van der Waals surface area contributed by atoms with E-state index in [4.69, 9.17) is 4.42 Å². The molecule has 0 unspecified atom stereocenters. The zero-order chi connectivity index (χ0) is 19.0. The molecule has 0 saturated carbocycles. The van der Waals surface area contributed by atoms with E-state index in [1.807, 2.05) is 30.3 Å². The third-order valence-corrected chi connectivity index (χ3v) is 4.76. The molecule has 0 saturated heterocycles. The van der Waals surface area contributed by atoms with Gasteiger partial charge in [-0.15, -0.1) is 0 Å². The van der Waals surface area contributed by atoms with Crippen LogP contribution in [-0.4, -0.2) is 22.3 Å². The number of carbonyl (C=O) groups is 1. The van der Waals surface area contributed by atoms with Crippen LogP contribution in [0.25, 0.3) is 0 Å². The van der Waals surface area contributed by atoms with Crippen molar-refractivity contribution in [2.24, 2.45) is 0 Å². The number of hydrogen-bond donors (Lipinski definition) is 0. The van der Waals surface area contributed by atoms with Gasteiger partial charge >= 0.3 is 0 Å². The van der Waals surface area contributed by atoms with Crippen LogP contribution in [0.4, 0.5) is 8.78 Å². The van der Waals surface area contributed by atoms with Crippen LogP contribution in [0.2, 0.25) is 0 Å². The van der Waals surface area contributed by atoms with Crippen molar-refractivity contribution in [2.75, 3.05) is 6.54 Å². The van der Waals surface area contributed by atoms with Crippen LogP contribution in [0.5, 0.6) is 0 Å². The molecule has 0 aliphatic carbocycles. The van der Waals surface area contributed by atoms with Crippen LogP contribution >= 0.6 is 0 Å². The molecule has 0 N–H and O–H groups in total. The molecular weight excluding hydrogens is 350 g/mol. The van der Waals surface area contributed by atoms with Crippen LogP contribution in [-0.2, 0) is 19.4 Å². The summed E-state index contributed by atoms with van der Waals surface area (Å²) in [6.07, 6.45) is 1.07. The number of rotatable bonds is 3. The quantitative estimate of drug-likeness (QED) is 0.701. The third-order valence-electron chi connectivity index (χ3n) is 4.76. The summed E-state index contributed by atoms with van der Waals surface area (Å²) in [7, 11) is 0. The normalized spacial score (nSPS) is 13.5. The van der Waals surface area contributed by atoms with E-state index in [0.717, 1.165) is 11.3 Å². The molecule has 3 aromatic rings. The van der Waals surface area contributed by atoms with Gasteiger partial charge in [-0.25, -0.2) is 13.8 Å². The van der Waals surface area contributed by atoms with Crippen molar-refractivity contribution >= 4 is 5.91 Å². The lowest BCUT2D eigenvalue weighted by atomic mass is 10.1. The summed E-state index contributed by atoms with van der Waals surface area (Å²) in [5.41, 5.74) is 1.68. The second kappa shape index (κ2) is 6.95. The van der Waals surface area contributed by atoms with Crippen LogP contribution in [0.15, 0.2) is 46.9 Å². The second-order valence-corrected chi connectivity index (χ2v) is 6.67. The average molecular weight is 368 g/mol. The van der Waals surface area contributed by atoms with Crippen LogP contribution in [0.3, 0.4) is 0 Å². The Balaban J connectivity index is 1.53. The van der Waals surface area contributed by atoms with E-state index in [1.165, 1.54) is 24.0 Å². The van der Waals surface area contributed by atoms with Gasteiger partial charge in [-0.05, 0) is 24.1 Å². The van der Waals surface area contributed by atoms with Crippen molar-refractivity contribution in [2.45, 2.75) is 26.3 Å². The Labute approximate surface area is 155 Å². The molecule has 1 aromatic heterocycles. The Bertz CT molecular complexity index is 999. The fourth-order valence-electron chi connectivity index (χ4n) is 3.25. The molecule has 1 aliphatic rings. The van der Waals surface area contributed by atoms with Gasteiger partial charge in [0.05, 0.1) is 12.1 Å². The van der Waals surface area contributed by atoms with Crippen molar-refractivity contribution in [3.63, 3.8) is 0 Å². The number of benzene rings is 2. The molecule has 2 heterocycles. The maximum Gasteiger partial charge on any atom is 0.257 e. The van der Waals surface area contributed by atoms with Gasteiger partial charge < -0.3 is 9.32 Å². The predicted octanol–water partition coefficient (Wildman–Crippen LogP) is 4.05. The summed E-state index contributed by atoms with van der Waals surface area (Å²) in [6, 6.07) is 12.6. The molecule has 2 aromatic carbocycles. The molecule has 27 heavy (non-hydrogen) atoms. The summed E-state index contributed by atoms with van der Waals surface area (Å²) in [4.78, 5) is 18.6. The summed E-state index contributed by atoms with van der Waals surface area (Å²) in [5, 5.41) is 0. The first-order valence-electron chi connectivity index (χ1n) is 8.78. The first-order valence-corrected chi connectivity index (χ1v) is 8.78. The summed E-state index contributed by atoms with van der Waals surface area (Å²) < 4.78 is 33.8. The molecule has 1 aliphatic heterocycles. The summed E-state index contributed by atoms with van der Waals surface area (Å²) in [5.74, 6) is -1.28. The van der Waals surface area contributed by atoms with E-state index in [0.29, 0.717) is 31.0 Å². The van der Waals surface area contributed by atoms with Gasteiger partial charge in [0.25, 0.3) is 5.91 Å². The Morgan fingerprint density at radius 1 is 1.15 bits per heavy atom. The van der Waals surface area contributed by atoms with E-state index in [2.05, 4.69) is 4.98 Å². The Morgan fingerprint density at radius 3 is 2.70 bits per heavy atom.